The summed E-state index contributed by atoms with van der Waals surface area (Å²) in [5.41, 5.74) is 2.08. The highest BCUT2D eigenvalue weighted by molar-refractivity contribution is 7.98. The number of sulfonamides is 1. The molecular formula is C31H39N3O5S2. The van der Waals surface area contributed by atoms with Gasteiger partial charge in [-0.2, -0.15) is 0 Å². The van der Waals surface area contributed by atoms with Gasteiger partial charge in [0.2, 0.25) is 11.8 Å². The molecule has 0 spiro atoms. The van der Waals surface area contributed by atoms with Gasteiger partial charge in [0.25, 0.3) is 10.0 Å². The molecule has 0 unspecified atom stereocenters. The lowest BCUT2D eigenvalue weighted by atomic mass is 10.1. The van der Waals surface area contributed by atoms with Crippen molar-refractivity contribution >= 4 is 39.3 Å². The van der Waals surface area contributed by atoms with Gasteiger partial charge in [0.05, 0.1) is 17.2 Å². The van der Waals surface area contributed by atoms with E-state index in [0.29, 0.717) is 18.9 Å². The third kappa shape index (κ3) is 8.04. The zero-order valence-electron chi connectivity index (χ0n) is 24.3. The molecule has 3 aromatic carbocycles. The van der Waals surface area contributed by atoms with Gasteiger partial charge in [0.15, 0.2) is 0 Å². The van der Waals surface area contributed by atoms with Gasteiger partial charge < -0.3 is 15.0 Å². The molecule has 220 valence electrons. The molecule has 0 aliphatic rings. The molecular weight excluding hydrogens is 558 g/mol. The molecule has 0 saturated heterocycles. The number of carbonyl (C=O) groups excluding carboxylic acids is 2. The Bertz CT molecular complexity index is 1430. The number of amides is 2. The average molecular weight is 598 g/mol. The first-order chi connectivity index (χ1) is 19.6. The number of carbonyl (C=O) groups is 2. The van der Waals surface area contributed by atoms with E-state index < -0.39 is 28.5 Å². The van der Waals surface area contributed by atoms with Crippen LogP contribution in [0.4, 0.5) is 5.69 Å². The Labute approximate surface area is 248 Å². The van der Waals surface area contributed by atoms with Crippen molar-refractivity contribution in [1.29, 1.82) is 0 Å². The third-order valence-electron chi connectivity index (χ3n) is 6.68. The van der Waals surface area contributed by atoms with Crippen LogP contribution in [0.5, 0.6) is 5.75 Å². The van der Waals surface area contributed by atoms with Crippen LogP contribution < -0.4 is 14.4 Å². The minimum absolute atomic E-state index is 0.0496. The molecule has 3 aromatic rings. The maximum atomic E-state index is 14.1. The molecule has 8 nitrogen and oxygen atoms in total. The van der Waals surface area contributed by atoms with Crippen LogP contribution in [0.3, 0.4) is 0 Å². The fourth-order valence-corrected chi connectivity index (χ4v) is 6.11. The fraction of sp³-hybridized carbons (Fsp3) is 0.355. The lowest BCUT2D eigenvalue weighted by molar-refractivity contribution is -0.139. The molecule has 10 heteroatoms. The molecule has 1 atom stereocenters. The van der Waals surface area contributed by atoms with Crippen molar-refractivity contribution in [3.8, 4) is 5.75 Å². The molecule has 1 N–H and O–H groups in total. The second kappa shape index (κ2) is 14.9. The van der Waals surface area contributed by atoms with Crippen molar-refractivity contribution < 1.29 is 22.7 Å². The smallest absolute Gasteiger partial charge is 0.264 e. The van der Waals surface area contributed by atoms with E-state index in [9.17, 15) is 18.0 Å². The summed E-state index contributed by atoms with van der Waals surface area (Å²) in [6.45, 7) is 7.78. The molecule has 0 radical (unpaired) electrons. The Balaban J connectivity index is 2.08. The normalized spacial score (nSPS) is 11.9. The van der Waals surface area contributed by atoms with Gasteiger partial charge >= 0.3 is 0 Å². The van der Waals surface area contributed by atoms with Crippen molar-refractivity contribution in [2.24, 2.45) is 0 Å². The number of hydrogen-bond donors (Lipinski definition) is 1. The Morgan fingerprint density at radius 2 is 1.63 bits per heavy atom. The van der Waals surface area contributed by atoms with Gasteiger partial charge in [-0.1, -0.05) is 43.3 Å². The van der Waals surface area contributed by atoms with Crippen LogP contribution in [0.25, 0.3) is 0 Å². The van der Waals surface area contributed by atoms with E-state index in [0.717, 1.165) is 26.7 Å². The zero-order valence-corrected chi connectivity index (χ0v) is 25.9. The number of rotatable bonds is 14. The van der Waals surface area contributed by atoms with Gasteiger partial charge in [0, 0.05) is 18.0 Å². The molecule has 3 rings (SSSR count). The maximum absolute atomic E-state index is 14.1. The monoisotopic (exact) mass is 597 g/mol. The van der Waals surface area contributed by atoms with E-state index in [1.54, 1.807) is 43.3 Å². The Morgan fingerprint density at radius 3 is 2.27 bits per heavy atom. The molecule has 0 bridgehead atoms. The van der Waals surface area contributed by atoms with E-state index in [-0.39, 0.29) is 23.0 Å². The summed E-state index contributed by atoms with van der Waals surface area (Å²) in [5.74, 6) is -0.472. The fourth-order valence-electron chi connectivity index (χ4n) is 4.28. The number of nitrogens with one attached hydrogen (secondary N) is 1. The van der Waals surface area contributed by atoms with Crippen LogP contribution in [0, 0.1) is 6.92 Å². The second-order valence-electron chi connectivity index (χ2n) is 9.50. The Kier molecular flexibility index (Phi) is 11.7. The summed E-state index contributed by atoms with van der Waals surface area (Å²) in [6.07, 6.45) is 2.66. The number of hydrogen-bond acceptors (Lipinski definition) is 6. The lowest BCUT2D eigenvalue weighted by Gasteiger charge is -2.32. The SMILES string of the molecule is CCCNC(=O)[C@@H](C)N(Cc1ccccc1C)C(=O)CN(c1ccccc1OCC)S(=O)(=O)c1ccc(SC)cc1. The maximum Gasteiger partial charge on any atom is 0.264 e. The molecule has 0 aliphatic carbocycles. The van der Waals surface area contributed by atoms with Gasteiger partial charge in [-0.05, 0) is 81.0 Å². The summed E-state index contributed by atoms with van der Waals surface area (Å²) in [5, 5.41) is 2.86. The number of nitrogens with zero attached hydrogens (tertiary/aromatic N) is 2. The van der Waals surface area contributed by atoms with Crippen molar-refractivity contribution in [3.63, 3.8) is 0 Å². The molecule has 0 fully saturated rings. The van der Waals surface area contributed by atoms with Crippen LogP contribution in [0.1, 0.15) is 38.3 Å². The summed E-state index contributed by atoms with van der Waals surface area (Å²) in [4.78, 5) is 29.5. The van der Waals surface area contributed by atoms with Gasteiger partial charge in [0.1, 0.15) is 18.3 Å². The first-order valence-electron chi connectivity index (χ1n) is 13.6. The number of anilines is 1. The summed E-state index contributed by atoms with van der Waals surface area (Å²) < 4.78 is 35.1. The van der Waals surface area contributed by atoms with E-state index in [2.05, 4.69) is 5.32 Å². The number of para-hydroxylation sites is 2. The first kappa shape index (κ1) is 32.0. The molecule has 41 heavy (non-hydrogen) atoms. The van der Waals surface area contributed by atoms with E-state index in [1.165, 1.54) is 28.8 Å². The van der Waals surface area contributed by atoms with Crippen molar-refractivity contribution in [2.75, 3.05) is 30.3 Å². The summed E-state index contributed by atoms with van der Waals surface area (Å²) >= 11 is 1.50. The van der Waals surface area contributed by atoms with Crippen molar-refractivity contribution in [2.45, 2.75) is 56.5 Å². The second-order valence-corrected chi connectivity index (χ2v) is 12.2. The van der Waals surface area contributed by atoms with Crippen molar-refractivity contribution in [1.82, 2.24) is 10.2 Å². The van der Waals surface area contributed by atoms with Crippen LogP contribution in [0.2, 0.25) is 0 Å². The molecule has 2 amide bonds. The van der Waals surface area contributed by atoms with Crippen LogP contribution >= 0.6 is 11.8 Å². The van der Waals surface area contributed by atoms with E-state index in [1.807, 2.05) is 51.3 Å². The van der Waals surface area contributed by atoms with E-state index >= 15 is 0 Å². The highest BCUT2D eigenvalue weighted by Gasteiger charge is 2.34. The number of aryl methyl sites for hydroxylation is 1. The van der Waals surface area contributed by atoms with Crippen LogP contribution in [0.15, 0.2) is 82.6 Å². The topological polar surface area (TPSA) is 96.0 Å². The molecule has 0 heterocycles. The van der Waals surface area contributed by atoms with Gasteiger partial charge in [-0.15, -0.1) is 11.8 Å². The number of thioether (sulfide) groups is 1. The Morgan fingerprint density at radius 1 is 0.976 bits per heavy atom. The van der Waals surface area contributed by atoms with Crippen LogP contribution in [-0.4, -0.2) is 57.1 Å². The zero-order chi connectivity index (χ0) is 30.0. The van der Waals surface area contributed by atoms with Gasteiger partial charge in [-0.25, -0.2) is 8.42 Å². The molecule has 0 saturated carbocycles. The first-order valence-corrected chi connectivity index (χ1v) is 16.3. The third-order valence-corrected chi connectivity index (χ3v) is 9.20. The summed E-state index contributed by atoms with van der Waals surface area (Å²) in [6, 6.07) is 20.1. The average Bonchev–Trinajstić information content (AvgIpc) is 2.98. The highest BCUT2D eigenvalue weighted by Crippen LogP contribution is 2.33. The quantitative estimate of drug-likeness (QED) is 0.255. The minimum Gasteiger partial charge on any atom is -0.492 e. The molecule has 0 aliphatic heterocycles. The van der Waals surface area contributed by atoms with Crippen molar-refractivity contribution in [3.05, 3.63) is 83.9 Å². The van der Waals surface area contributed by atoms with E-state index in [4.69, 9.17) is 4.74 Å². The largest absolute Gasteiger partial charge is 0.492 e. The van der Waals surface area contributed by atoms with Gasteiger partial charge in [-0.3, -0.25) is 13.9 Å². The highest BCUT2D eigenvalue weighted by atomic mass is 32.2. The standard InChI is InChI=1S/C31H39N3O5S2/c1-6-20-32-31(36)24(4)33(21-25-13-9-8-12-23(25)3)30(35)22-34(28-14-10-11-15-29(28)39-7-2)41(37,38)27-18-16-26(40-5)17-19-27/h8-19,24H,6-7,20-22H2,1-5H3,(H,32,36)/t24-/m1/s1. The minimum atomic E-state index is -4.19. The predicted octanol–water partition coefficient (Wildman–Crippen LogP) is 5.25. The number of ether oxygens (including phenoxy) is 1. The Hall–Kier alpha value is -3.50. The summed E-state index contributed by atoms with van der Waals surface area (Å²) in [7, 11) is -4.19. The van der Waals surface area contributed by atoms with Crippen LogP contribution in [-0.2, 0) is 26.2 Å². The predicted molar refractivity (Wildman–Crippen MR) is 165 cm³/mol. The molecule has 0 aromatic heterocycles. The number of benzene rings is 3. The lowest BCUT2D eigenvalue weighted by Crippen LogP contribution is -2.51.